The van der Waals surface area contributed by atoms with Gasteiger partial charge in [0.2, 0.25) is 0 Å². The van der Waals surface area contributed by atoms with Crippen molar-refractivity contribution in [3.8, 4) is 0 Å². The Kier molecular flexibility index (Phi) is 10.3. The highest BCUT2D eigenvalue weighted by Gasteiger charge is 2.34. The summed E-state index contributed by atoms with van der Waals surface area (Å²) in [4.78, 5) is 6.20. The number of guanidine groups is 1. The quantitative estimate of drug-likeness (QED) is 0.248. The third-order valence-electron chi connectivity index (χ3n) is 5.56. The lowest BCUT2D eigenvalue weighted by molar-refractivity contribution is -0.138. The van der Waals surface area contributed by atoms with E-state index in [-0.39, 0.29) is 48.3 Å². The minimum Gasteiger partial charge on any atom is -0.376 e. The van der Waals surface area contributed by atoms with E-state index in [0.29, 0.717) is 31.7 Å². The molecule has 1 atom stereocenters. The molecule has 2 aliphatic heterocycles. The van der Waals surface area contributed by atoms with E-state index in [0.717, 1.165) is 44.4 Å². The van der Waals surface area contributed by atoms with Crippen molar-refractivity contribution in [1.29, 1.82) is 0 Å². The van der Waals surface area contributed by atoms with E-state index >= 15 is 0 Å². The average molecular weight is 559 g/mol. The summed E-state index contributed by atoms with van der Waals surface area (Å²) < 4.78 is 64.5. The van der Waals surface area contributed by atoms with Crippen molar-refractivity contribution in [2.45, 2.75) is 57.0 Å². The molecule has 1 N–H and O–H groups in total. The van der Waals surface area contributed by atoms with Crippen LogP contribution in [-0.2, 0) is 22.2 Å². The van der Waals surface area contributed by atoms with Crippen LogP contribution in [0.15, 0.2) is 23.2 Å². The van der Waals surface area contributed by atoms with Crippen LogP contribution in [0.4, 0.5) is 17.6 Å². The van der Waals surface area contributed by atoms with E-state index in [1.165, 1.54) is 6.42 Å². The minimum absolute atomic E-state index is 0. The standard InChI is InChI=1S/C21H29F4N3O2.HI/c1-26-20(27-13-15-5-6-16(22)12-19(15)21(23,24)25)28-9-7-17(8-10-28)30-14-18-4-2-3-11-29-18;/h5-6,12,17-18H,2-4,7-11,13-14H2,1H3,(H,26,27);1H. The van der Waals surface area contributed by atoms with Crippen molar-refractivity contribution in [2.24, 2.45) is 4.99 Å². The number of likely N-dealkylation sites (tertiary alicyclic amines) is 1. The first-order chi connectivity index (χ1) is 14.4. The number of aliphatic imine (C=N–C) groups is 1. The number of halogens is 5. The summed E-state index contributed by atoms with van der Waals surface area (Å²) in [6, 6.07) is 2.72. The van der Waals surface area contributed by atoms with Gasteiger partial charge in [-0.1, -0.05) is 6.07 Å². The first-order valence-corrected chi connectivity index (χ1v) is 10.4. The van der Waals surface area contributed by atoms with E-state index in [1.807, 2.05) is 4.90 Å². The second kappa shape index (κ2) is 12.2. The summed E-state index contributed by atoms with van der Waals surface area (Å²) >= 11 is 0. The summed E-state index contributed by atoms with van der Waals surface area (Å²) in [7, 11) is 1.60. The van der Waals surface area contributed by atoms with Crippen LogP contribution in [0.2, 0.25) is 0 Å². The van der Waals surface area contributed by atoms with Crippen molar-refractivity contribution < 1.29 is 27.0 Å². The molecule has 31 heavy (non-hydrogen) atoms. The largest absolute Gasteiger partial charge is 0.416 e. The highest BCUT2D eigenvalue weighted by atomic mass is 127. The Balaban J connectivity index is 0.00000341. The summed E-state index contributed by atoms with van der Waals surface area (Å²) in [5.74, 6) is -0.377. The van der Waals surface area contributed by atoms with Gasteiger partial charge in [0, 0.05) is 33.3 Å². The fraction of sp³-hybridized carbons (Fsp3) is 0.667. The smallest absolute Gasteiger partial charge is 0.376 e. The molecule has 0 amide bonds. The van der Waals surface area contributed by atoms with E-state index < -0.39 is 17.6 Å². The number of nitrogens with one attached hydrogen (secondary N) is 1. The summed E-state index contributed by atoms with van der Waals surface area (Å²) in [5, 5.41) is 2.98. The van der Waals surface area contributed by atoms with E-state index in [2.05, 4.69) is 10.3 Å². The Labute approximate surface area is 197 Å². The molecule has 0 bridgehead atoms. The van der Waals surface area contributed by atoms with E-state index in [9.17, 15) is 17.6 Å². The maximum absolute atomic E-state index is 13.3. The number of nitrogens with zero attached hydrogens (tertiary/aromatic N) is 2. The number of piperidine rings is 1. The average Bonchev–Trinajstić information content (AvgIpc) is 2.74. The van der Waals surface area contributed by atoms with Crippen LogP contribution in [0.25, 0.3) is 0 Å². The monoisotopic (exact) mass is 559 g/mol. The molecule has 2 aliphatic rings. The van der Waals surface area contributed by atoms with Crippen LogP contribution in [0.1, 0.15) is 43.2 Å². The minimum atomic E-state index is -4.61. The molecule has 0 aromatic heterocycles. The lowest BCUT2D eigenvalue weighted by atomic mass is 10.1. The fourth-order valence-corrected chi connectivity index (χ4v) is 3.89. The molecule has 2 heterocycles. The topological polar surface area (TPSA) is 46.1 Å². The van der Waals surface area contributed by atoms with Crippen molar-refractivity contribution >= 4 is 29.9 Å². The van der Waals surface area contributed by atoms with Crippen LogP contribution in [-0.4, -0.2) is 56.4 Å². The Morgan fingerprint density at radius 2 is 1.97 bits per heavy atom. The zero-order valence-electron chi connectivity index (χ0n) is 17.6. The second-order valence-electron chi connectivity index (χ2n) is 7.71. The SMILES string of the molecule is CN=C(NCc1ccc(F)cc1C(F)(F)F)N1CCC(OCC2CCCCO2)CC1.I. The molecule has 0 spiro atoms. The highest BCUT2D eigenvalue weighted by molar-refractivity contribution is 14.0. The molecule has 0 saturated carbocycles. The lowest BCUT2D eigenvalue weighted by Gasteiger charge is -2.35. The Hall–Kier alpha value is -1.14. The molecule has 10 heteroatoms. The number of hydrogen-bond donors (Lipinski definition) is 1. The molecule has 1 aromatic rings. The highest BCUT2D eigenvalue weighted by Crippen LogP contribution is 2.32. The second-order valence-corrected chi connectivity index (χ2v) is 7.71. The predicted octanol–water partition coefficient (Wildman–Crippen LogP) is 4.59. The van der Waals surface area contributed by atoms with Gasteiger partial charge in [-0.05, 0) is 49.8 Å². The van der Waals surface area contributed by atoms with Gasteiger partial charge in [-0.25, -0.2) is 4.39 Å². The first-order valence-electron chi connectivity index (χ1n) is 10.4. The van der Waals surface area contributed by atoms with E-state index in [4.69, 9.17) is 9.47 Å². The van der Waals surface area contributed by atoms with Gasteiger partial charge < -0.3 is 19.7 Å². The molecule has 0 aliphatic carbocycles. The van der Waals surface area contributed by atoms with Crippen LogP contribution in [0.5, 0.6) is 0 Å². The van der Waals surface area contributed by atoms with Gasteiger partial charge in [-0.3, -0.25) is 4.99 Å². The zero-order chi connectivity index (χ0) is 21.6. The molecule has 2 fully saturated rings. The lowest BCUT2D eigenvalue weighted by Crippen LogP contribution is -2.47. The molecule has 3 rings (SSSR count). The first kappa shape index (κ1) is 26.1. The number of rotatable bonds is 5. The number of benzene rings is 1. The maximum atomic E-state index is 13.3. The van der Waals surface area contributed by atoms with Gasteiger partial charge in [-0.2, -0.15) is 13.2 Å². The van der Waals surface area contributed by atoms with Crippen molar-refractivity contribution in [3.63, 3.8) is 0 Å². The van der Waals surface area contributed by atoms with Crippen LogP contribution in [0.3, 0.4) is 0 Å². The molecule has 2 saturated heterocycles. The Morgan fingerprint density at radius 3 is 2.58 bits per heavy atom. The number of hydrogen-bond acceptors (Lipinski definition) is 3. The molecular formula is C21H30F4IN3O2. The van der Waals surface area contributed by atoms with Crippen molar-refractivity contribution in [3.05, 3.63) is 35.1 Å². The van der Waals surface area contributed by atoms with Gasteiger partial charge in [0.15, 0.2) is 5.96 Å². The number of ether oxygens (including phenoxy) is 2. The molecular weight excluding hydrogens is 529 g/mol. The third kappa shape index (κ3) is 7.74. The van der Waals surface area contributed by atoms with Crippen molar-refractivity contribution in [1.82, 2.24) is 10.2 Å². The van der Waals surface area contributed by atoms with Gasteiger partial charge in [0.05, 0.1) is 24.4 Å². The van der Waals surface area contributed by atoms with Crippen LogP contribution >= 0.6 is 24.0 Å². The summed E-state index contributed by atoms with van der Waals surface area (Å²) in [5.41, 5.74) is -0.988. The summed E-state index contributed by atoms with van der Waals surface area (Å²) in [6.45, 7) is 2.73. The molecule has 176 valence electrons. The van der Waals surface area contributed by atoms with Crippen molar-refractivity contribution in [2.75, 3.05) is 33.4 Å². The Morgan fingerprint density at radius 1 is 1.23 bits per heavy atom. The van der Waals surface area contributed by atoms with Crippen LogP contribution < -0.4 is 5.32 Å². The molecule has 0 radical (unpaired) electrons. The van der Waals surface area contributed by atoms with Crippen LogP contribution in [0, 0.1) is 5.82 Å². The van der Waals surface area contributed by atoms with Gasteiger partial charge in [0.1, 0.15) is 5.82 Å². The zero-order valence-corrected chi connectivity index (χ0v) is 19.9. The normalized spacial score (nSPS) is 21.0. The predicted molar refractivity (Wildman–Crippen MR) is 121 cm³/mol. The van der Waals surface area contributed by atoms with E-state index in [1.54, 1.807) is 7.05 Å². The summed E-state index contributed by atoms with van der Waals surface area (Å²) in [6.07, 6.45) is 0.694. The fourth-order valence-electron chi connectivity index (χ4n) is 3.89. The molecule has 1 aromatic carbocycles. The molecule has 5 nitrogen and oxygen atoms in total. The maximum Gasteiger partial charge on any atom is 0.416 e. The van der Waals surface area contributed by atoms with Gasteiger partial charge >= 0.3 is 6.18 Å². The number of alkyl halides is 3. The molecule has 1 unspecified atom stereocenters. The van der Waals surface area contributed by atoms with Gasteiger partial charge in [-0.15, -0.1) is 24.0 Å². The Bertz CT molecular complexity index is 719. The third-order valence-corrected chi connectivity index (χ3v) is 5.56. The van der Waals surface area contributed by atoms with Gasteiger partial charge in [0.25, 0.3) is 0 Å².